The molecule has 3 rings (SSSR count). The Bertz CT molecular complexity index is 631. The van der Waals surface area contributed by atoms with E-state index in [0.717, 1.165) is 42.9 Å². The van der Waals surface area contributed by atoms with E-state index in [4.69, 9.17) is 0 Å². The normalized spacial score (nSPS) is 17.4. The summed E-state index contributed by atoms with van der Waals surface area (Å²) in [4.78, 5) is 20.8. The lowest BCUT2D eigenvalue weighted by atomic mass is 9.90. The van der Waals surface area contributed by atoms with Crippen molar-refractivity contribution in [3.8, 4) is 0 Å². The van der Waals surface area contributed by atoms with Crippen molar-refractivity contribution < 1.29 is 9.90 Å². The minimum atomic E-state index is -0.382. The average Bonchev–Trinajstić information content (AvgIpc) is 3.24. The minimum Gasteiger partial charge on any atom is -0.387 e. The Balaban J connectivity index is 1.47. The first-order valence-electron chi connectivity index (χ1n) is 8.03. The van der Waals surface area contributed by atoms with Gasteiger partial charge in [-0.15, -0.1) is 22.7 Å². The van der Waals surface area contributed by atoms with Crippen LogP contribution in [-0.4, -0.2) is 34.0 Å². The molecule has 3 heterocycles. The van der Waals surface area contributed by atoms with Crippen LogP contribution in [0.15, 0.2) is 23.0 Å². The Morgan fingerprint density at radius 2 is 2.22 bits per heavy atom. The molecule has 0 saturated carbocycles. The number of thiophene rings is 1. The SMILES string of the molecule is Cc1ncsc1CCC(=O)N1CCC([C@H](O)c2cccs2)CC1. The fourth-order valence-corrected chi connectivity index (χ4v) is 4.69. The van der Waals surface area contributed by atoms with Crippen LogP contribution in [0.5, 0.6) is 0 Å². The molecule has 1 saturated heterocycles. The van der Waals surface area contributed by atoms with Crippen molar-refractivity contribution in [3.05, 3.63) is 38.5 Å². The summed E-state index contributed by atoms with van der Waals surface area (Å²) in [6.45, 7) is 3.51. The molecule has 2 aromatic heterocycles. The third kappa shape index (κ3) is 4.00. The van der Waals surface area contributed by atoms with Crippen molar-refractivity contribution in [3.63, 3.8) is 0 Å². The molecule has 4 nitrogen and oxygen atoms in total. The number of nitrogens with zero attached hydrogens (tertiary/aromatic N) is 2. The van der Waals surface area contributed by atoms with Crippen molar-refractivity contribution in [1.82, 2.24) is 9.88 Å². The molecule has 0 spiro atoms. The maximum absolute atomic E-state index is 12.4. The maximum atomic E-state index is 12.4. The van der Waals surface area contributed by atoms with Gasteiger partial charge < -0.3 is 10.0 Å². The van der Waals surface area contributed by atoms with E-state index in [1.54, 1.807) is 22.7 Å². The van der Waals surface area contributed by atoms with E-state index in [9.17, 15) is 9.90 Å². The van der Waals surface area contributed by atoms with Crippen LogP contribution in [0.2, 0.25) is 0 Å². The number of aliphatic hydroxyl groups is 1. The molecule has 1 aliphatic rings. The lowest BCUT2D eigenvalue weighted by Crippen LogP contribution is -2.39. The first-order chi connectivity index (χ1) is 11.1. The predicted molar refractivity (Wildman–Crippen MR) is 93.8 cm³/mol. The number of carbonyl (C=O) groups is 1. The van der Waals surface area contributed by atoms with E-state index in [2.05, 4.69) is 4.98 Å². The summed E-state index contributed by atoms with van der Waals surface area (Å²) in [7, 11) is 0. The van der Waals surface area contributed by atoms with Crippen LogP contribution in [0.1, 0.15) is 40.8 Å². The molecule has 1 N–H and O–H groups in total. The molecule has 2 aromatic rings. The number of hydrogen-bond acceptors (Lipinski definition) is 5. The van der Waals surface area contributed by atoms with E-state index in [0.29, 0.717) is 6.42 Å². The van der Waals surface area contributed by atoms with Gasteiger partial charge in [0.05, 0.1) is 17.3 Å². The van der Waals surface area contributed by atoms with Gasteiger partial charge in [-0.3, -0.25) is 4.79 Å². The van der Waals surface area contributed by atoms with Crippen molar-refractivity contribution in [2.45, 2.75) is 38.7 Å². The number of aliphatic hydroxyl groups excluding tert-OH is 1. The third-order valence-electron chi connectivity index (χ3n) is 4.58. The van der Waals surface area contributed by atoms with Gasteiger partial charge in [0.15, 0.2) is 0 Å². The number of aryl methyl sites for hydroxylation is 2. The van der Waals surface area contributed by atoms with Crippen LogP contribution < -0.4 is 0 Å². The molecule has 0 unspecified atom stereocenters. The minimum absolute atomic E-state index is 0.224. The van der Waals surface area contributed by atoms with Gasteiger partial charge in [0.25, 0.3) is 0 Å². The fraction of sp³-hybridized carbons (Fsp3) is 0.529. The molecule has 0 aliphatic carbocycles. The Kier molecular flexibility index (Phi) is 5.46. The zero-order valence-corrected chi connectivity index (χ0v) is 14.9. The fourth-order valence-electron chi connectivity index (χ4n) is 3.10. The van der Waals surface area contributed by atoms with E-state index in [1.807, 2.05) is 34.8 Å². The first kappa shape index (κ1) is 16.6. The van der Waals surface area contributed by atoms with Crippen LogP contribution in [0, 0.1) is 12.8 Å². The number of aromatic nitrogens is 1. The smallest absolute Gasteiger partial charge is 0.222 e. The molecule has 0 radical (unpaired) electrons. The zero-order valence-electron chi connectivity index (χ0n) is 13.3. The van der Waals surface area contributed by atoms with Gasteiger partial charge in [-0.05, 0) is 43.6 Å². The van der Waals surface area contributed by atoms with Gasteiger partial charge in [0, 0.05) is 29.3 Å². The van der Waals surface area contributed by atoms with Crippen molar-refractivity contribution in [2.24, 2.45) is 5.92 Å². The largest absolute Gasteiger partial charge is 0.387 e. The van der Waals surface area contributed by atoms with Gasteiger partial charge in [-0.25, -0.2) is 4.98 Å². The van der Waals surface area contributed by atoms with Crippen LogP contribution in [0.4, 0.5) is 0 Å². The summed E-state index contributed by atoms with van der Waals surface area (Å²) >= 11 is 3.23. The summed E-state index contributed by atoms with van der Waals surface area (Å²) in [5.41, 5.74) is 2.88. The Labute approximate surface area is 144 Å². The second kappa shape index (κ2) is 7.55. The van der Waals surface area contributed by atoms with Crippen LogP contribution in [0.3, 0.4) is 0 Å². The number of carbonyl (C=O) groups excluding carboxylic acids is 1. The van der Waals surface area contributed by atoms with Gasteiger partial charge in [-0.1, -0.05) is 6.07 Å². The molecule has 124 valence electrons. The van der Waals surface area contributed by atoms with Gasteiger partial charge in [0.1, 0.15) is 0 Å². The summed E-state index contributed by atoms with van der Waals surface area (Å²) < 4.78 is 0. The molecular weight excluding hydrogens is 328 g/mol. The number of hydrogen-bond donors (Lipinski definition) is 1. The van der Waals surface area contributed by atoms with Crippen molar-refractivity contribution >= 4 is 28.6 Å². The Hall–Kier alpha value is -1.24. The van der Waals surface area contributed by atoms with Crippen molar-refractivity contribution in [2.75, 3.05) is 13.1 Å². The standard InChI is InChI=1S/C17H22N2O2S2/c1-12-14(23-11-18-12)4-5-16(20)19-8-6-13(7-9-19)17(21)15-3-2-10-22-15/h2-3,10-11,13,17,21H,4-9H2,1H3/t17-/m0/s1. The number of thiazole rings is 1. The van der Waals surface area contributed by atoms with E-state index >= 15 is 0 Å². The molecule has 1 fully saturated rings. The first-order valence-corrected chi connectivity index (χ1v) is 9.79. The summed E-state index contributed by atoms with van der Waals surface area (Å²) in [5, 5.41) is 12.4. The van der Waals surface area contributed by atoms with Crippen molar-refractivity contribution in [1.29, 1.82) is 0 Å². The molecular formula is C17H22N2O2S2. The molecule has 0 bridgehead atoms. The highest BCUT2D eigenvalue weighted by molar-refractivity contribution is 7.10. The lowest BCUT2D eigenvalue weighted by Gasteiger charge is -2.34. The Morgan fingerprint density at radius 3 is 2.83 bits per heavy atom. The lowest BCUT2D eigenvalue weighted by molar-refractivity contribution is -0.133. The summed E-state index contributed by atoms with van der Waals surface area (Å²) in [6.07, 6.45) is 2.72. The molecule has 1 amide bonds. The van der Waals surface area contributed by atoms with E-state index in [-0.39, 0.29) is 17.9 Å². The molecule has 0 aromatic carbocycles. The number of likely N-dealkylation sites (tertiary alicyclic amines) is 1. The Morgan fingerprint density at radius 1 is 1.43 bits per heavy atom. The van der Waals surface area contributed by atoms with Gasteiger partial charge in [0.2, 0.25) is 5.91 Å². The maximum Gasteiger partial charge on any atom is 0.222 e. The average molecular weight is 351 g/mol. The van der Waals surface area contributed by atoms with Crippen LogP contribution in [-0.2, 0) is 11.2 Å². The monoisotopic (exact) mass is 350 g/mol. The second-order valence-corrected chi connectivity index (χ2v) is 7.96. The number of piperidine rings is 1. The van der Waals surface area contributed by atoms with Crippen LogP contribution >= 0.6 is 22.7 Å². The molecule has 1 atom stereocenters. The number of amides is 1. The predicted octanol–water partition coefficient (Wildman–Crippen LogP) is 3.42. The second-order valence-electron chi connectivity index (χ2n) is 6.04. The highest BCUT2D eigenvalue weighted by Crippen LogP contribution is 2.33. The van der Waals surface area contributed by atoms with E-state index in [1.165, 1.54) is 4.88 Å². The molecule has 1 aliphatic heterocycles. The quantitative estimate of drug-likeness (QED) is 0.899. The summed E-state index contributed by atoms with van der Waals surface area (Å²) in [6, 6.07) is 3.97. The highest BCUT2D eigenvalue weighted by Gasteiger charge is 2.28. The third-order valence-corrected chi connectivity index (χ3v) is 6.52. The van der Waals surface area contributed by atoms with Gasteiger partial charge in [-0.2, -0.15) is 0 Å². The summed E-state index contributed by atoms with van der Waals surface area (Å²) in [5.74, 6) is 0.489. The molecule has 6 heteroatoms. The topological polar surface area (TPSA) is 53.4 Å². The molecule has 23 heavy (non-hydrogen) atoms. The van der Waals surface area contributed by atoms with Crippen LogP contribution in [0.25, 0.3) is 0 Å². The number of rotatable bonds is 5. The zero-order chi connectivity index (χ0) is 16.2. The highest BCUT2D eigenvalue weighted by atomic mass is 32.1. The van der Waals surface area contributed by atoms with Gasteiger partial charge >= 0.3 is 0 Å². The van der Waals surface area contributed by atoms with E-state index < -0.39 is 0 Å².